The van der Waals surface area contributed by atoms with E-state index in [1.807, 2.05) is 6.07 Å². The summed E-state index contributed by atoms with van der Waals surface area (Å²) in [6.45, 7) is 1.36. The monoisotopic (exact) mass is 414 g/mol. The van der Waals surface area contributed by atoms with Gasteiger partial charge in [-0.05, 0) is 42.8 Å². The van der Waals surface area contributed by atoms with E-state index in [9.17, 15) is 9.59 Å². The molecule has 8 heteroatoms. The maximum absolute atomic E-state index is 12.2. The van der Waals surface area contributed by atoms with E-state index in [1.54, 1.807) is 42.5 Å². The molecule has 0 bridgehead atoms. The number of amides is 1. The Bertz CT molecular complexity index is 952. The number of anilines is 1. The number of ether oxygens (including phenoxy) is 3. The van der Waals surface area contributed by atoms with Gasteiger partial charge in [0, 0.05) is 6.08 Å². The summed E-state index contributed by atoms with van der Waals surface area (Å²) < 4.78 is 15.5. The fourth-order valence-electron chi connectivity index (χ4n) is 2.25. The number of hydrogen-bond donors (Lipinski definition) is 1. The minimum atomic E-state index is -1.01. The summed E-state index contributed by atoms with van der Waals surface area (Å²) >= 11 is 5.99. The number of benzene rings is 2. The van der Waals surface area contributed by atoms with Gasteiger partial charge in [0.1, 0.15) is 6.07 Å². The Kier molecular flexibility index (Phi) is 8.07. The number of halogens is 1. The number of carbonyl (C=O) groups is 2. The Labute approximate surface area is 173 Å². The highest BCUT2D eigenvalue weighted by atomic mass is 35.5. The van der Waals surface area contributed by atoms with Gasteiger partial charge in [-0.3, -0.25) is 4.79 Å². The standard InChI is InChI=1S/C21H19ClN2O5/c1-14(21(26)24-17-6-4-3-5-16(17)22)29-20(25)10-8-15-7-9-18(28-12-11-23)19(13-15)27-2/h3-10,13-14H,12H2,1-2H3,(H,24,26)/b10-8+/t14-/m0/s1. The first-order chi connectivity index (χ1) is 13.9. The average molecular weight is 415 g/mol. The van der Waals surface area contributed by atoms with Crippen LogP contribution in [0.25, 0.3) is 6.08 Å². The Morgan fingerprint density at radius 2 is 2.00 bits per heavy atom. The lowest BCUT2D eigenvalue weighted by molar-refractivity contribution is -0.148. The van der Waals surface area contributed by atoms with Crippen LogP contribution >= 0.6 is 11.6 Å². The summed E-state index contributed by atoms with van der Waals surface area (Å²) in [6, 6.07) is 13.6. The zero-order valence-electron chi connectivity index (χ0n) is 15.8. The number of carbonyl (C=O) groups excluding carboxylic acids is 2. The second kappa shape index (κ2) is 10.7. The molecule has 0 saturated heterocycles. The maximum atomic E-state index is 12.2. The quantitative estimate of drug-likeness (QED) is 0.520. The minimum Gasteiger partial charge on any atom is -0.493 e. The normalized spacial score (nSPS) is 11.4. The molecule has 0 radical (unpaired) electrons. The van der Waals surface area contributed by atoms with Crippen molar-refractivity contribution in [2.45, 2.75) is 13.0 Å². The number of methoxy groups -OCH3 is 1. The molecule has 1 amide bonds. The SMILES string of the molecule is COc1cc(/C=C/C(=O)O[C@@H](C)C(=O)Nc2ccccc2Cl)ccc1OCC#N. The smallest absolute Gasteiger partial charge is 0.331 e. The molecule has 0 aliphatic heterocycles. The van der Waals surface area contributed by atoms with Crippen molar-refractivity contribution in [1.29, 1.82) is 5.26 Å². The molecule has 2 rings (SSSR count). The molecule has 0 unspecified atom stereocenters. The van der Waals surface area contributed by atoms with E-state index < -0.39 is 18.0 Å². The zero-order chi connectivity index (χ0) is 21.2. The van der Waals surface area contributed by atoms with Crippen molar-refractivity contribution in [2.24, 2.45) is 0 Å². The first-order valence-corrected chi connectivity index (χ1v) is 8.94. The molecule has 0 aromatic heterocycles. The third-order valence-corrected chi connectivity index (χ3v) is 4.02. The predicted octanol–water partition coefficient (Wildman–Crippen LogP) is 3.83. The van der Waals surface area contributed by atoms with Crippen molar-refractivity contribution in [2.75, 3.05) is 19.0 Å². The van der Waals surface area contributed by atoms with Crippen molar-refractivity contribution >= 4 is 35.2 Å². The van der Waals surface area contributed by atoms with Crippen LogP contribution in [0.4, 0.5) is 5.69 Å². The molecule has 0 aliphatic carbocycles. The molecule has 2 aromatic carbocycles. The van der Waals surface area contributed by atoms with Crippen LogP contribution < -0.4 is 14.8 Å². The molecule has 1 N–H and O–H groups in total. The van der Waals surface area contributed by atoms with Crippen LogP contribution in [0.1, 0.15) is 12.5 Å². The first-order valence-electron chi connectivity index (χ1n) is 8.56. The van der Waals surface area contributed by atoms with E-state index in [0.29, 0.717) is 27.8 Å². The van der Waals surface area contributed by atoms with E-state index in [0.717, 1.165) is 0 Å². The Balaban J connectivity index is 1.95. The molecule has 0 spiro atoms. The van der Waals surface area contributed by atoms with Crippen LogP contribution in [0.5, 0.6) is 11.5 Å². The first kappa shape index (κ1) is 21.8. The van der Waals surface area contributed by atoms with Gasteiger partial charge in [0.05, 0.1) is 17.8 Å². The van der Waals surface area contributed by atoms with Crippen LogP contribution in [-0.4, -0.2) is 31.7 Å². The summed E-state index contributed by atoms with van der Waals surface area (Å²) in [6.07, 6.45) is 1.70. The largest absolute Gasteiger partial charge is 0.493 e. The molecule has 2 aromatic rings. The number of hydrogen-bond acceptors (Lipinski definition) is 6. The number of para-hydroxylation sites is 1. The Morgan fingerprint density at radius 1 is 1.24 bits per heavy atom. The Morgan fingerprint density at radius 3 is 2.69 bits per heavy atom. The van der Waals surface area contributed by atoms with E-state index in [2.05, 4.69) is 5.32 Å². The van der Waals surface area contributed by atoms with Crippen molar-refractivity contribution in [3.8, 4) is 17.6 Å². The van der Waals surface area contributed by atoms with Gasteiger partial charge in [-0.25, -0.2) is 4.79 Å². The minimum absolute atomic E-state index is 0.105. The van der Waals surface area contributed by atoms with Gasteiger partial charge >= 0.3 is 5.97 Å². The fourth-order valence-corrected chi connectivity index (χ4v) is 2.43. The highest BCUT2D eigenvalue weighted by Crippen LogP contribution is 2.28. The summed E-state index contributed by atoms with van der Waals surface area (Å²) in [5.74, 6) is -0.349. The van der Waals surface area contributed by atoms with Crippen LogP contribution in [0.15, 0.2) is 48.5 Å². The van der Waals surface area contributed by atoms with Gasteiger partial charge in [-0.15, -0.1) is 0 Å². The number of nitrogens with zero attached hydrogens (tertiary/aromatic N) is 1. The van der Waals surface area contributed by atoms with Gasteiger partial charge < -0.3 is 19.5 Å². The molecule has 0 heterocycles. The van der Waals surface area contributed by atoms with Crippen molar-refractivity contribution in [3.05, 3.63) is 59.1 Å². The number of nitrogens with one attached hydrogen (secondary N) is 1. The van der Waals surface area contributed by atoms with Gasteiger partial charge in [0.15, 0.2) is 24.2 Å². The summed E-state index contributed by atoms with van der Waals surface area (Å²) in [7, 11) is 1.47. The molecular weight excluding hydrogens is 396 g/mol. The van der Waals surface area contributed by atoms with Crippen LogP contribution in [0.3, 0.4) is 0 Å². The van der Waals surface area contributed by atoms with Gasteiger partial charge in [-0.2, -0.15) is 5.26 Å². The molecule has 29 heavy (non-hydrogen) atoms. The zero-order valence-corrected chi connectivity index (χ0v) is 16.6. The van der Waals surface area contributed by atoms with Crippen LogP contribution in [-0.2, 0) is 14.3 Å². The number of nitriles is 1. The second-order valence-electron chi connectivity index (χ2n) is 5.74. The third-order valence-electron chi connectivity index (χ3n) is 3.69. The highest BCUT2D eigenvalue weighted by molar-refractivity contribution is 6.33. The maximum Gasteiger partial charge on any atom is 0.331 e. The summed E-state index contributed by atoms with van der Waals surface area (Å²) in [5.41, 5.74) is 1.08. The van der Waals surface area contributed by atoms with Crippen molar-refractivity contribution < 1.29 is 23.8 Å². The lowest BCUT2D eigenvalue weighted by Crippen LogP contribution is -2.29. The van der Waals surface area contributed by atoms with E-state index >= 15 is 0 Å². The molecule has 7 nitrogen and oxygen atoms in total. The van der Waals surface area contributed by atoms with E-state index in [-0.39, 0.29) is 6.61 Å². The molecular formula is C21H19ClN2O5. The fraction of sp³-hybridized carbons (Fsp3) is 0.190. The average Bonchev–Trinajstić information content (AvgIpc) is 2.72. The molecule has 1 atom stereocenters. The Hall–Kier alpha value is -3.50. The predicted molar refractivity (Wildman–Crippen MR) is 109 cm³/mol. The molecule has 0 saturated carbocycles. The number of rotatable bonds is 8. The highest BCUT2D eigenvalue weighted by Gasteiger charge is 2.17. The molecule has 0 fully saturated rings. The van der Waals surface area contributed by atoms with Gasteiger partial charge in [0.25, 0.3) is 5.91 Å². The molecule has 150 valence electrons. The van der Waals surface area contributed by atoms with Crippen molar-refractivity contribution in [3.63, 3.8) is 0 Å². The number of esters is 1. The van der Waals surface area contributed by atoms with Crippen LogP contribution in [0.2, 0.25) is 5.02 Å². The van der Waals surface area contributed by atoms with Gasteiger partial charge in [-0.1, -0.05) is 29.8 Å². The van der Waals surface area contributed by atoms with E-state index in [1.165, 1.54) is 26.2 Å². The topological polar surface area (TPSA) is 97.7 Å². The summed E-state index contributed by atoms with van der Waals surface area (Å²) in [5, 5.41) is 11.6. The van der Waals surface area contributed by atoms with Gasteiger partial charge in [0.2, 0.25) is 0 Å². The lowest BCUT2D eigenvalue weighted by Gasteiger charge is -2.13. The second-order valence-corrected chi connectivity index (χ2v) is 6.15. The molecule has 0 aliphatic rings. The lowest BCUT2D eigenvalue weighted by atomic mass is 10.2. The summed E-state index contributed by atoms with van der Waals surface area (Å²) in [4.78, 5) is 24.2. The third kappa shape index (κ3) is 6.55. The van der Waals surface area contributed by atoms with E-state index in [4.69, 9.17) is 31.1 Å². The van der Waals surface area contributed by atoms with Crippen LogP contribution in [0, 0.1) is 11.3 Å². The van der Waals surface area contributed by atoms with Crippen molar-refractivity contribution in [1.82, 2.24) is 0 Å².